The van der Waals surface area contributed by atoms with Crippen LogP contribution >= 0.6 is 0 Å². The number of benzene rings is 1. The summed E-state index contributed by atoms with van der Waals surface area (Å²) in [5, 5.41) is 2.75. The first-order valence-electron chi connectivity index (χ1n) is 7.23. The number of hydrogen-bond donors (Lipinski definition) is 1. The van der Waals surface area contributed by atoms with Crippen molar-refractivity contribution in [3.8, 4) is 0 Å². The normalized spacial score (nSPS) is 20.7. The second kappa shape index (κ2) is 5.99. The summed E-state index contributed by atoms with van der Waals surface area (Å²) in [5.74, 6) is -0.786. The van der Waals surface area contributed by atoms with E-state index in [0.29, 0.717) is 44.7 Å². The maximum atomic E-state index is 13.5. The first kappa shape index (κ1) is 14.3. The van der Waals surface area contributed by atoms with E-state index >= 15 is 0 Å². The lowest BCUT2D eigenvalue weighted by Gasteiger charge is -2.37. The number of rotatable bonds is 2. The van der Waals surface area contributed by atoms with Gasteiger partial charge in [0.15, 0.2) is 5.79 Å². The molecule has 0 saturated carbocycles. The molecule has 1 aromatic carbocycles. The van der Waals surface area contributed by atoms with Gasteiger partial charge in [0.1, 0.15) is 5.82 Å². The van der Waals surface area contributed by atoms with E-state index < -0.39 is 5.79 Å². The third kappa shape index (κ3) is 3.16. The summed E-state index contributed by atoms with van der Waals surface area (Å²) in [5.41, 5.74) is 0.488. The van der Waals surface area contributed by atoms with Gasteiger partial charge in [-0.15, -0.1) is 0 Å². The van der Waals surface area contributed by atoms with Crippen LogP contribution in [0.4, 0.5) is 9.18 Å². The van der Waals surface area contributed by atoms with E-state index in [1.54, 1.807) is 23.1 Å². The number of ether oxygens (including phenoxy) is 2. The van der Waals surface area contributed by atoms with Gasteiger partial charge in [0.25, 0.3) is 0 Å². The first-order valence-corrected chi connectivity index (χ1v) is 7.23. The van der Waals surface area contributed by atoms with Gasteiger partial charge in [-0.25, -0.2) is 9.18 Å². The molecule has 0 aromatic heterocycles. The van der Waals surface area contributed by atoms with Crippen LogP contribution < -0.4 is 5.32 Å². The van der Waals surface area contributed by atoms with Crippen LogP contribution in [0.5, 0.6) is 0 Å². The lowest BCUT2D eigenvalue weighted by Crippen LogP contribution is -2.50. The molecule has 2 amide bonds. The van der Waals surface area contributed by atoms with Gasteiger partial charge in [0.2, 0.25) is 0 Å². The molecule has 2 aliphatic rings. The number of carbonyl (C=O) groups excluding carboxylic acids is 1. The molecule has 0 unspecified atom stereocenters. The lowest BCUT2D eigenvalue weighted by atomic mass is 10.0. The molecule has 3 rings (SSSR count). The molecule has 1 spiro atoms. The van der Waals surface area contributed by atoms with Crippen LogP contribution in [0.1, 0.15) is 18.4 Å². The third-order valence-electron chi connectivity index (χ3n) is 4.01. The zero-order valence-electron chi connectivity index (χ0n) is 11.8. The van der Waals surface area contributed by atoms with Crippen LogP contribution in [0, 0.1) is 5.82 Å². The maximum absolute atomic E-state index is 13.5. The fourth-order valence-corrected chi connectivity index (χ4v) is 2.76. The summed E-state index contributed by atoms with van der Waals surface area (Å²) in [4.78, 5) is 13.8. The molecule has 2 heterocycles. The fourth-order valence-electron chi connectivity index (χ4n) is 2.76. The summed E-state index contributed by atoms with van der Waals surface area (Å²) in [6, 6.07) is 6.27. The number of amides is 2. The summed E-state index contributed by atoms with van der Waals surface area (Å²) in [6.45, 7) is 2.62. The number of urea groups is 1. The van der Waals surface area contributed by atoms with E-state index in [0.717, 1.165) is 0 Å². The SMILES string of the molecule is O=C(NCc1ccccc1F)N1CCC2(CC1)OCCO2. The third-order valence-corrected chi connectivity index (χ3v) is 4.01. The van der Waals surface area contributed by atoms with E-state index in [2.05, 4.69) is 5.32 Å². The predicted octanol–water partition coefficient (Wildman–Crippen LogP) is 1.87. The smallest absolute Gasteiger partial charge is 0.317 e. The number of likely N-dealkylation sites (tertiary alicyclic amines) is 1. The van der Waals surface area contributed by atoms with E-state index in [9.17, 15) is 9.18 Å². The fraction of sp³-hybridized carbons (Fsp3) is 0.533. The number of piperidine rings is 1. The van der Waals surface area contributed by atoms with Crippen LogP contribution in [0.2, 0.25) is 0 Å². The van der Waals surface area contributed by atoms with Gasteiger partial charge in [-0.1, -0.05) is 18.2 Å². The van der Waals surface area contributed by atoms with Crippen molar-refractivity contribution in [3.05, 3.63) is 35.6 Å². The van der Waals surface area contributed by atoms with Gasteiger partial charge in [0, 0.05) is 38.0 Å². The Bertz CT molecular complexity index is 507. The highest BCUT2D eigenvalue weighted by molar-refractivity contribution is 5.74. The van der Waals surface area contributed by atoms with E-state index in [-0.39, 0.29) is 18.4 Å². The molecule has 6 heteroatoms. The minimum atomic E-state index is -0.484. The van der Waals surface area contributed by atoms with Crippen molar-refractivity contribution < 1.29 is 18.7 Å². The van der Waals surface area contributed by atoms with Crippen molar-refractivity contribution in [1.29, 1.82) is 0 Å². The predicted molar refractivity (Wildman–Crippen MR) is 74.1 cm³/mol. The number of hydrogen-bond acceptors (Lipinski definition) is 3. The van der Waals surface area contributed by atoms with Gasteiger partial charge < -0.3 is 19.7 Å². The molecule has 1 N–H and O–H groups in total. The molecule has 0 bridgehead atoms. The van der Waals surface area contributed by atoms with Crippen molar-refractivity contribution in [3.63, 3.8) is 0 Å². The van der Waals surface area contributed by atoms with Crippen LogP contribution in [0.3, 0.4) is 0 Å². The van der Waals surface area contributed by atoms with Crippen molar-refractivity contribution in [1.82, 2.24) is 10.2 Å². The monoisotopic (exact) mass is 294 g/mol. The molecule has 0 atom stereocenters. The highest BCUT2D eigenvalue weighted by atomic mass is 19.1. The van der Waals surface area contributed by atoms with Gasteiger partial charge >= 0.3 is 6.03 Å². The molecule has 114 valence electrons. The molecular formula is C15H19FN2O3. The van der Waals surface area contributed by atoms with E-state index in [1.807, 2.05) is 0 Å². The molecular weight excluding hydrogens is 275 g/mol. The van der Waals surface area contributed by atoms with Crippen molar-refractivity contribution in [2.75, 3.05) is 26.3 Å². The Morgan fingerprint density at radius 1 is 1.24 bits per heavy atom. The lowest BCUT2D eigenvalue weighted by molar-refractivity contribution is -0.181. The minimum Gasteiger partial charge on any atom is -0.347 e. The quantitative estimate of drug-likeness (QED) is 0.906. The van der Waals surface area contributed by atoms with Crippen LogP contribution in [-0.2, 0) is 16.0 Å². The zero-order valence-corrected chi connectivity index (χ0v) is 11.8. The molecule has 2 fully saturated rings. The Balaban J connectivity index is 1.49. The first-order chi connectivity index (χ1) is 10.2. The molecule has 0 aliphatic carbocycles. The molecule has 2 saturated heterocycles. The number of halogens is 1. The molecule has 21 heavy (non-hydrogen) atoms. The van der Waals surface area contributed by atoms with Gasteiger partial charge in [-0.3, -0.25) is 0 Å². The summed E-state index contributed by atoms with van der Waals surface area (Å²) < 4.78 is 24.7. The number of nitrogens with one attached hydrogen (secondary N) is 1. The van der Waals surface area contributed by atoms with Gasteiger partial charge in [-0.2, -0.15) is 0 Å². The van der Waals surface area contributed by atoms with E-state index in [4.69, 9.17) is 9.47 Å². The average Bonchev–Trinajstić information content (AvgIpc) is 2.95. The van der Waals surface area contributed by atoms with Crippen LogP contribution in [0.25, 0.3) is 0 Å². The number of nitrogens with zero attached hydrogens (tertiary/aromatic N) is 1. The van der Waals surface area contributed by atoms with Crippen LogP contribution in [0.15, 0.2) is 24.3 Å². The Morgan fingerprint density at radius 2 is 1.90 bits per heavy atom. The highest BCUT2D eigenvalue weighted by Gasteiger charge is 2.40. The summed E-state index contributed by atoms with van der Waals surface area (Å²) in [7, 11) is 0. The van der Waals surface area contributed by atoms with Crippen molar-refractivity contribution in [2.45, 2.75) is 25.2 Å². The van der Waals surface area contributed by atoms with Crippen molar-refractivity contribution in [2.24, 2.45) is 0 Å². The van der Waals surface area contributed by atoms with Crippen molar-refractivity contribution >= 4 is 6.03 Å². The van der Waals surface area contributed by atoms with E-state index in [1.165, 1.54) is 6.07 Å². The number of carbonyl (C=O) groups is 1. The summed E-state index contributed by atoms with van der Waals surface area (Å²) >= 11 is 0. The zero-order chi connectivity index (χ0) is 14.7. The maximum Gasteiger partial charge on any atom is 0.317 e. The van der Waals surface area contributed by atoms with Gasteiger partial charge in [-0.05, 0) is 6.07 Å². The van der Waals surface area contributed by atoms with Crippen LogP contribution in [-0.4, -0.2) is 43.0 Å². The molecule has 1 aromatic rings. The Kier molecular flexibility index (Phi) is 4.07. The topological polar surface area (TPSA) is 50.8 Å². The minimum absolute atomic E-state index is 0.175. The second-order valence-electron chi connectivity index (χ2n) is 5.34. The Hall–Kier alpha value is -1.66. The second-order valence-corrected chi connectivity index (χ2v) is 5.34. The highest BCUT2D eigenvalue weighted by Crippen LogP contribution is 2.31. The molecule has 0 radical (unpaired) electrons. The molecule has 2 aliphatic heterocycles. The summed E-state index contributed by atoms with van der Waals surface area (Å²) in [6.07, 6.45) is 1.36. The standard InChI is InChI=1S/C15H19FN2O3/c16-13-4-2-1-3-12(13)11-17-14(19)18-7-5-15(6-8-18)20-9-10-21-15/h1-4H,5-11H2,(H,17,19). The Morgan fingerprint density at radius 3 is 2.57 bits per heavy atom. The van der Waals surface area contributed by atoms with Gasteiger partial charge in [0.05, 0.1) is 13.2 Å². The Labute approximate surface area is 123 Å². The average molecular weight is 294 g/mol. The molecule has 5 nitrogen and oxygen atoms in total. The largest absolute Gasteiger partial charge is 0.347 e.